The smallest absolute Gasteiger partial charge is 0.225 e. The molecule has 2 aliphatic rings. The summed E-state index contributed by atoms with van der Waals surface area (Å²) in [5, 5.41) is 6.90. The minimum absolute atomic E-state index is 0.126. The molecular formula is C21H35N5O2. The quantitative estimate of drug-likeness (QED) is 0.577. The Morgan fingerprint density at radius 1 is 1.32 bits per heavy atom. The van der Waals surface area contributed by atoms with Crippen molar-refractivity contribution in [3.63, 3.8) is 0 Å². The van der Waals surface area contributed by atoms with Crippen LogP contribution in [0.4, 0.5) is 0 Å². The molecule has 1 amide bonds. The van der Waals surface area contributed by atoms with Gasteiger partial charge in [-0.05, 0) is 45.5 Å². The van der Waals surface area contributed by atoms with Crippen molar-refractivity contribution in [1.82, 2.24) is 20.4 Å². The standard InChI is InChI=1S/C21H35N5O2/c1-22-21(23-14-18(25(2)3)19-10-7-13-28-19)24-17-11-12-26(15-17)20(27)16-8-5-4-6-9-16/h7,10,13,16-18H,4-6,8-9,11-12,14-15H2,1-3H3,(H2,22,23,24). The van der Waals surface area contributed by atoms with E-state index in [4.69, 9.17) is 4.42 Å². The van der Waals surface area contributed by atoms with E-state index < -0.39 is 0 Å². The summed E-state index contributed by atoms with van der Waals surface area (Å²) in [6.45, 7) is 2.31. The van der Waals surface area contributed by atoms with Gasteiger partial charge in [0.2, 0.25) is 5.91 Å². The van der Waals surface area contributed by atoms with Gasteiger partial charge < -0.3 is 20.0 Å². The van der Waals surface area contributed by atoms with Crippen LogP contribution in [0.2, 0.25) is 0 Å². The average Bonchev–Trinajstić information content (AvgIpc) is 3.39. The number of hydrogen-bond donors (Lipinski definition) is 2. The molecule has 0 bridgehead atoms. The van der Waals surface area contributed by atoms with Gasteiger partial charge in [0, 0.05) is 38.6 Å². The minimum Gasteiger partial charge on any atom is -0.468 e. The predicted octanol–water partition coefficient (Wildman–Crippen LogP) is 2.23. The van der Waals surface area contributed by atoms with Crippen LogP contribution >= 0.6 is 0 Å². The molecule has 2 heterocycles. The number of likely N-dealkylation sites (tertiary alicyclic amines) is 1. The Balaban J connectivity index is 1.48. The molecule has 2 unspecified atom stereocenters. The summed E-state index contributed by atoms with van der Waals surface area (Å²) in [7, 11) is 5.86. The number of carbonyl (C=O) groups is 1. The number of furan rings is 1. The number of carbonyl (C=O) groups excluding carboxylic acids is 1. The van der Waals surface area contributed by atoms with Crippen molar-refractivity contribution in [1.29, 1.82) is 0 Å². The van der Waals surface area contributed by atoms with Crippen LogP contribution in [0.5, 0.6) is 0 Å². The van der Waals surface area contributed by atoms with E-state index in [1.165, 1.54) is 19.3 Å². The zero-order valence-electron chi connectivity index (χ0n) is 17.5. The molecule has 3 rings (SSSR count). The van der Waals surface area contributed by atoms with Crippen LogP contribution in [0, 0.1) is 5.92 Å². The first kappa shape index (κ1) is 20.7. The van der Waals surface area contributed by atoms with Gasteiger partial charge >= 0.3 is 0 Å². The van der Waals surface area contributed by atoms with Gasteiger partial charge in [-0.2, -0.15) is 0 Å². The number of aliphatic imine (C=N–C) groups is 1. The summed E-state index contributed by atoms with van der Waals surface area (Å²) in [4.78, 5) is 21.3. The zero-order chi connectivity index (χ0) is 19.9. The maximum Gasteiger partial charge on any atom is 0.225 e. The second-order valence-electron chi connectivity index (χ2n) is 8.20. The number of guanidine groups is 1. The summed E-state index contributed by atoms with van der Waals surface area (Å²) in [5.74, 6) is 2.31. The second kappa shape index (κ2) is 9.96. The van der Waals surface area contributed by atoms with Crippen molar-refractivity contribution in [3.8, 4) is 0 Å². The Morgan fingerprint density at radius 2 is 2.11 bits per heavy atom. The van der Waals surface area contributed by atoms with Gasteiger partial charge in [-0.25, -0.2) is 0 Å². The molecule has 7 nitrogen and oxygen atoms in total. The molecule has 1 aromatic rings. The van der Waals surface area contributed by atoms with E-state index in [2.05, 4.69) is 20.5 Å². The molecule has 1 saturated carbocycles. The molecule has 2 atom stereocenters. The van der Waals surface area contributed by atoms with E-state index in [0.717, 1.165) is 44.1 Å². The molecule has 0 spiro atoms. The highest BCUT2D eigenvalue weighted by Crippen LogP contribution is 2.26. The van der Waals surface area contributed by atoms with Gasteiger partial charge in [-0.1, -0.05) is 19.3 Å². The van der Waals surface area contributed by atoms with Gasteiger partial charge in [0.1, 0.15) is 5.76 Å². The van der Waals surface area contributed by atoms with Crippen molar-refractivity contribution in [2.45, 2.75) is 50.6 Å². The van der Waals surface area contributed by atoms with Crippen molar-refractivity contribution in [2.24, 2.45) is 10.9 Å². The third-order valence-corrected chi connectivity index (χ3v) is 5.98. The Labute approximate surface area is 168 Å². The molecule has 156 valence electrons. The van der Waals surface area contributed by atoms with E-state index >= 15 is 0 Å². The molecule has 1 aliphatic heterocycles. The first-order valence-corrected chi connectivity index (χ1v) is 10.5. The number of rotatable bonds is 6. The van der Waals surface area contributed by atoms with Gasteiger partial charge in [-0.15, -0.1) is 0 Å². The molecule has 1 saturated heterocycles. The average molecular weight is 390 g/mol. The van der Waals surface area contributed by atoms with Crippen molar-refractivity contribution in [2.75, 3.05) is 40.8 Å². The minimum atomic E-state index is 0.126. The Kier molecular flexibility index (Phi) is 7.36. The van der Waals surface area contributed by atoms with Crippen LogP contribution in [0.15, 0.2) is 27.8 Å². The summed E-state index contributed by atoms with van der Waals surface area (Å²) in [6.07, 6.45) is 8.48. The maximum absolute atomic E-state index is 12.8. The Bertz CT molecular complexity index is 637. The maximum atomic E-state index is 12.8. The molecule has 2 N–H and O–H groups in total. The van der Waals surface area contributed by atoms with Gasteiger partial charge in [0.15, 0.2) is 5.96 Å². The van der Waals surface area contributed by atoms with Crippen molar-refractivity contribution < 1.29 is 9.21 Å². The number of amides is 1. The SMILES string of the molecule is CN=C(NCC(c1ccco1)N(C)C)NC1CCN(C(=O)C2CCCCC2)C1. The summed E-state index contributed by atoms with van der Waals surface area (Å²) < 4.78 is 5.57. The molecule has 1 aliphatic carbocycles. The molecular weight excluding hydrogens is 354 g/mol. The lowest BCUT2D eigenvalue weighted by atomic mass is 9.88. The first-order valence-electron chi connectivity index (χ1n) is 10.5. The number of likely N-dealkylation sites (N-methyl/N-ethyl adjacent to an activating group) is 1. The van der Waals surface area contributed by atoms with E-state index in [1.807, 2.05) is 31.1 Å². The van der Waals surface area contributed by atoms with Crippen LogP contribution in [0.3, 0.4) is 0 Å². The summed E-state index contributed by atoms with van der Waals surface area (Å²) in [6, 6.07) is 4.28. The van der Waals surface area contributed by atoms with Crippen LogP contribution in [-0.2, 0) is 4.79 Å². The fraction of sp³-hybridized carbons (Fsp3) is 0.714. The molecule has 0 radical (unpaired) electrons. The Morgan fingerprint density at radius 3 is 2.75 bits per heavy atom. The molecule has 28 heavy (non-hydrogen) atoms. The zero-order valence-corrected chi connectivity index (χ0v) is 17.5. The number of nitrogens with zero attached hydrogens (tertiary/aromatic N) is 3. The lowest BCUT2D eigenvalue weighted by Crippen LogP contribution is -2.47. The summed E-state index contributed by atoms with van der Waals surface area (Å²) in [5.41, 5.74) is 0. The highest BCUT2D eigenvalue weighted by atomic mass is 16.3. The van der Waals surface area contributed by atoms with Crippen molar-refractivity contribution >= 4 is 11.9 Å². The van der Waals surface area contributed by atoms with Gasteiger partial charge in [0.05, 0.1) is 12.3 Å². The highest BCUT2D eigenvalue weighted by molar-refractivity contribution is 5.81. The fourth-order valence-electron chi connectivity index (χ4n) is 4.29. The second-order valence-corrected chi connectivity index (χ2v) is 8.20. The fourth-order valence-corrected chi connectivity index (χ4v) is 4.29. The van der Waals surface area contributed by atoms with E-state index in [1.54, 1.807) is 13.3 Å². The van der Waals surface area contributed by atoms with Crippen LogP contribution in [0.25, 0.3) is 0 Å². The van der Waals surface area contributed by atoms with E-state index in [9.17, 15) is 4.79 Å². The highest BCUT2D eigenvalue weighted by Gasteiger charge is 2.31. The lowest BCUT2D eigenvalue weighted by molar-refractivity contribution is -0.135. The largest absolute Gasteiger partial charge is 0.468 e. The molecule has 1 aromatic heterocycles. The van der Waals surface area contributed by atoms with Gasteiger partial charge in [0.25, 0.3) is 0 Å². The van der Waals surface area contributed by atoms with Crippen LogP contribution in [0.1, 0.15) is 50.3 Å². The van der Waals surface area contributed by atoms with Crippen molar-refractivity contribution in [3.05, 3.63) is 24.2 Å². The van der Waals surface area contributed by atoms with Crippen LogP contribution < -0.4 is 10.6 Å². The molecule has 2 fully saturated rings. The molecule has 7 heteroatoms. The van der Waals surface area contributed by atoms with Crippen LogP contribution in [-0.4, -0.2) is 68.5 Å². The normalized spacial score (nSPS) is 22.5. The lowest BCUT2D eigenvalue weighted by Gasteiger charge is -2.27. The first-order chi connectivity index (χ1) is 13.6. The number of hydrogen-bond acceptors (Lipinski definition) is 4. The predicted molar refractivity (Wildman–Crippen MR) is 111 cm³/mol. The van der Waals surface area contributed by atoms with E-state index in [-0.39, 0.29) is 18.0 Å². The monoisotopic (exact) mass is 389 g/mol. The Hall–Kier alpha value is -2.02. The summed E-state index contributed by atoms with van der Waals surface area (Å²) >= 11 is 0. The third kappa shape index (κ3) is 5.28. The third-order valence-electron chi connectivity index (χ3n) is 5.98. The van der Waals surface area contributed by atoms with Gasteiger partial charge in [-0.3, -0.25) is 14.7 Å². The topological polar surface area (TPSA) is 73.1 Å². The molecule has 0 aromatic carbocycles. The van der Waals surface area contributed by atoms with E-state index in [0.29, 0.717) is 12.5 Å². The number of nitrogens with one attached hydrogen (secondary N) is 2.